The molecule has 0 aromatic carbocycles. The molecule has 0 saturated carbocycles. The van der Waals surface area contributed by atoms with Gasteiger partial charge in [0, 0.05) is 18.1 Å². The van der Waals surface area contributed by atoms with Gasteiger partial charge in [0.25, 0.3) is 0 Å². The van der Waals surface area contributed by atoms with Gasteiger partial charge in [-0.1, -0.05) is 13.8 Å². The number of aromatic nitrogens is 4. The molecule has 0 radical (unpaired) electrons. The summed E-state index contributed by atoms with van der Waals surface area (Å²) in [7, 11) is 0. The molecule has 2 aromatic rings. The lowest BCUT2D eigenvalue weighted by Crippen LogP contribution is -2.09. The second-order valence-corrected chi connectivity index (χ2v) is 4.15. The highest BCUT2D eigenvalue weighted by Gasteiger charge is 2.12. The Kier molecular flexibility index (Phi) is 3.49. The van der Waals surface area contributed by atoms with Crippen LogP contribution in [0.5, 0.6) is 0 Å². The van der Waals surface area contributed by atoms with Crippen molar-refractivity contribution in [3.63, 3.8) is 0 Å². The minimum Gasteiger partial charge on any atom is -0.394 e. The number of nitrogens with zero attached hydrogens (tertiary/aromatic N) is 4. The molecule has 5 nitrogen and oxygen atoms in total. The van der Waals surface area contributed by atoms with Crippen molar-refractivity contribution in [3.05, 3.63) is 30.4 Å². The summed E-state index contributed by atoms with van der Waals surface area (Å²) in [5, 5.41) is 13.5. The van der Waals surface area contributed by atoms with E-state index in [9.17, 15) is 0 Å². The molecular formula is C12H16N4O. The molecule has 0 saturated heterocycles. The van der Waals surface area contributed by atoms with E-state index in [-0.39, 0.29) is 6.61 Å². The summed E-state index contributed by atoms with van der Waals surface area (Å²) in [5.74, 6) is 0.361. The predicted octanol–water partition coefficient (Wildman–Crippen LogP) is 1.46. The van der Waals surface area contributed by atoms with E-state index in [4.69, 9.17) is 5.11 Å². The fourth-order valence-electron chi connectivity index (χ4n) is 1.73. The van der Waals surface area contributed by atoms with E-state index in [2.05, 4.69) is 28.9 Å². The summed E-state index contributed by atoms with van der Waals surface area (Å²) in [5.41, 5.74) is 2.65. The third-order valence-electron chi connectivity index (χ3n) is 2.54. The van der Waals surface area contributed by atoms with Gasteiger partial charge in [-0.05, 0) is 12.0 Å². The molecule has 90 valence electrons. The van der Waals surface area contributed by atoms with Gasteiger partial charge in [-0.2, -0.15) is 5.10 Å². The molecule has 0 aliphatic carbocycles. The lowest BCUT2D eigenvalue weighted by molar-refractivity contribution is 0.266. The molecule has 17 heavy (non-hydrogen) atoms. The minimum atomic E-state index is 0.0846. The topological polar surface area (TPSA) is 63.8 Å². The monoisotopic (exact) mass is 232 g/mol. The maximum absolute atomic E-state index is 9.02. The normalized spacial score (nSPS) is 11.1. The third-order valence-corrected chi connectivity index (χ3v) is 2.54. The standard InChI is InChI=1S/C12H16N4O/c1-9(2)12-7-10(15-16(12)5-6-17)11-8-13-3-4-14-11/h3-4,7-9,17H,5-6H2,1-2H3. The van der Waals surface area contributed by atoms with Gasteiger partial charge in [-0.15, -0.1) is 0 Å². The van der Waals surface area contributed by atoms with Crippen LogP contribution < -0.4 is 0 Å². The summed E-state index contributed by atoms with van der Waals surface area (Å²) < 4.78 is 1.83. The van der Waals surface area contributed by atoms with Crippen molar-refractivity contribution in [3.8, 4) is 11.4 Å². The van der Waals surface area contributed by atoms with Gasteiger partial charge in [0.05, 0.1) is 19.3 Å². The molecule has 2 aromatic heterocycles. The molecule has 0 unspecified atom stereocenters. The average Bonchev–Trinajstić information content (AvgIpc) is 2.75. The Morgan fingerprint density at radius 1 is 1.29 bits per heavy atom. The highest BCUT2D eigenvalue weighted by Crippen LogP contribution is 2.21. The average molecular weight is 232 g/mol. The lowest BCUT2D eigenvalue weighted by Gasteiger charge is -2.07. The minimum absolute atomic E-state index is 0.0846. The van der Waals surface area contributed by atoms with E-state index in [1.54, 1.807) is 18.6 Å². The number of aliphatic hydroxyl groups is 1. The van der Waals surface area contributed by atoms with Crippen LogP contribution >= 0.6 is 0 Å². The van der Waals surface area contributed by atoms with E-state index in [0.29, 0.717) is 12.5 Å². The molecule has 0 atom stereocenters. The highest BCUT2D eigenvalue weighted by atomic mass is 16.3. The zero-order valence-corrected chi connectivity index (χ0v) is 10.0. The number of aliphatic hydroxyl groups excluding tert-OH is 1. The van der Waals surface area contributed by atoms with Crippen LogP contribution in [0.4, 0.5) is 0 Å². The molecule has 0 aliphatic heterocycles. The highest BCUT2D eigenvalue weighted by molar-refractivity contribution is 5.53. The van der Waals surface area contributed by atoms with E-state index < -0.39 is 0 Å². The molecular weight excluding hydrogens is 216 g/mol. The molecule has 2 heterocycles. The quantitative estimate of drug-likeness (QED) is 0.866. The van der Waals surface area contributed by atoms with Gasteiger partial charge in [0.1, 0.15) is 11.4 Å². The molecule has 1 N–H and O–H groups in total. The third kappa shape index (κ3) is 2.50. The van der Waals surface area contributed by atoms with Crippen LogP contribution in [0.25, 0.3) is 11.4 Å². The fourth-order valence-corrected chi connectivity index (χ4v) is 1.73. The lowest BCUT2D eigenvalue weighted by atomic mass is 10.1. The van der Waals surface area contributed by atoms with Crippen molar-refractivity contribution < 1.29 is 5.11 Å². The SMILES string of the molecule is CC(C)c1cc(-c2cnccn2)nn1CCO. The van der Waals surface area contributed by atoms with Crippen molar-refractivity contribution in [2.75, 3.05) is 6.61 Å². The Hall–Kier alpha value is -1.75. The molecule has 0 bridgehead atoms. The molecule has 0 fully saturated rings. The first-order valence-electron chi connectivity index (χ1n) is 5.67. The Morgan fingerprint density at radius 2 is 2.12 bits per heavy atom. The predicted molar refractivity (Wildman–Crippen MR) is 64.4 cm³/mol. The van der Waals surface area contributed by atoms with Crippen molar-refractivity contribution in [2.24, 2.45) is 0 Å². The first kappa shape index (κ1) is 11.7. The Morgan fingerprint density at radius 3 is 2.71 bits per heavy atom. The number of hydrogen-bond donors (Lipinski definition) is 1. The van der Waals surface area contributed by atoms with Gasteiger partial charge in [-0.3, -0.25) is 14.6 Å². The summed E-state index contributed by atoms with van der Waals surface area (Å²) in [4.78, 5) is 8.25. The van der Waals surface area contributed by atoms with Crippen molar-refractivity contribution in [1.29, 1.82) is 0 Å². The first-order chi connectivity index (χ1) is 8.22. The van der Waals surface area contributed by atoms with E-state index in [1.165, 1.54) is 0 Å². The van der Waals surface area contributed by atoms with Crippen molar-refractivity contribution >= 4 is 0 Å². The van der Waals surface area contributed by atoms with Crippen LogP contribution in [-0.2, 0) is 6.54 Å². The van der Waals surface area contributed by atoms with Gasteiger partial charge in [0.15, 0.2) is 0 Å². The molecule has 0 amide bonds. The number of hydrogen-bond acceptors (Lipinski definition) is 4. The Balaban J connectivity index is 2.40. The van der Waals surface area contributed by atoms with Crippen LogP contribution in [-0.4, -0.2) is 31.5 Å². The van der Waals surface area contributed by atoms with Gasteiger partial charge in [0.2, 0.25) is 0 Å². The second-order valence-electron chi connectivity index (χ2n) is 4.15. The van der Waals surface area contributed by atoms with Crippen LogP contribution in [0, 0.1) is 0 Å². The molecule has 2 rings (SSSR count). The van der Waals surface area contributed by atoms with Crippen LogP contribution in [0.1, 0.15) is 25.5 Å². The smallest absolute Gasteiger partial charge is 0.113 e. The van der Waals surface area contributed by atoms with Gasteiger partial charge >= 0.3 is 0 Å². The van der Waals surface area contributed by atoms with Crippen LogP contribution in [0.3, 0.4) is 0 Å². The van der Waals surface area contributed by atoms with Gasteiger partial charge < -0.3 is 5.11 Å². The largest absolute Gasteiger partial charge is 0.394 e. The zero-order chi connectivity index (χ0) is 12.3. The van der Waals surface area contributed by atoms with E-state index >= 15 is 0 Å². The molecule has 5 heteroatoms. The van der Waals surface area contributed by atoms with E-state index in [0.717, 1.165) is 17.1 Å². The van der Waals surface area contributed by atoms with Crippen LogP contribution in [0.2, 0.25) is 0 Å². The number of rotatable bonds is 4. The van der Waals surface area contributed by atoms with Crippen LogP contribution in [0.15, 0.2) is 24.7 Å². The fraction of sp³-hybridized carbons (Fsp3) is 0.417. The zero-order valence-electron chi connectivity index (χ0n) is 10.0. The summed E-state index contributed by atoms with van der Waals surface area (Å²) in [6.07, 6.45) is 4.97. The van der Waals surface area contributed by atoms with Crippen molar-refractivity contribution in [2.45, 2.75) is 26.3 Å². The molecule has 0 spiro atoms. The van der Waals surface area contributed by atoms with Gasteiger partial charge in [-0.25, -0.2) is 0 Å². The maximum atomic E-state index is 9.02. The Bertz CT molecular complexity index is 479. The molecule has 0 aliphatic rings. The second kappa shape index (κ2) is 5.05. The Labute approximate surface area is 100 Å². The maximum Gasteiger partial charge on any atom is 0.113 e. The summed E-state index contributed by atoms with van der Waals surface area (Å²) in [6.45, 7) is 4.80. The first-order valence-corrected chi connectivity index (χ1v) is 5.67. The van der Waals surface area contributed by atoms with E-state index in [1.807, 2.05) is 10.7 Å². The summed E-state index contributed by atoms with van der Waals surface area (Å²) >= 11 is 0. The summed E-state index contributed by atoms with van der Waals surface area (Å²) in [6, 6.07) is 2.00. The van der Waals surface area contributed by atoms with Crippen molar-refractivity contribution in [1.82, 2.24) is 19.7 Å².